The van der Waals surface area contributed by atoms with Crippen LogP contribution in [0.25, 0.3) is 22.3 Å². The van der Waals surface area contributed by atoms with Gasteiger partial charge >= 0.3 is 0 Å². The lowest BCUT2D eigenvalue weighted by Gasteiger charge is -2.43. The van der Waals surface area contributed by atoms with Crippen molar-refractivity contribution in [1.29, 1.82) is 0 Å². The zero-order valence-corrected chi connectivity index (χ0v) is 16.7. The zero-order chi connectivity index (χ0) is 24.1. The van der Waals surface area contributed by atoms with Crippen molar-refractivity contribution in [3.05, 3.63) is 40.6 Å². The molecule has 8 N–H and O–H groups in total. The van der Waals surface area contributed by atoms with Gasteiger partial charge in [0, 0.05) is 17.7 Å². The molecular weight excluding hydrogens is 444 g/mol. The summed E-state index contributed by atoms with van der Waals surface area (Å²) in [5.41, 5.74) is -3.58. The first-order chi connectivity index (χ1) is 15.6. The number of phenolic OH excluding ortho intramolecular Hbond substituents is 3. The van der Waals surface area contributed by atoms with Gasteiger partial charge in [-0.2, -0.15) is 0 Å². The fraction of sp³-hybridized carbons (Fsp3) is 0.286. The molecule has 176 valence electrons. The van der Waals surface area contributed by atoms with E-state index in [9.17, 15) is 45.6 Å². The minimum atomic E-state index is -2.39. The molecule has 0 saturated carbocycles. The minimum Gasteiger partial charge on any atom is -0.508 e. The fourth-order valence-electron chi connectivity index (χ4n) is 3.54. The molecule has 0 aliphatic carbocycles. The smallest absolute Gasteiger partial charge is 0.238 e. The first-order valence-corrected chi connectivity index (χ1v) is 9.59. The van der Waals surface area contributed by atoms with E-state index in [1.165, 1.54) is 12.1 Å². The number of ether oxygens (including phenoxy) is 2. The number of aliphatic hydroxyl groups excluding tert-OH is 3. The number of benzene rings is 2. The van der Waals surface area contributed by atoms with Crippen LogP contribution < -0.4 is 10.2 Å². The topological polar surface area (TPSA) is 211 Å². The molecule has 4 rings (SSSR count). The molecule has 33 heavy (non-hydrogen) atoms. The van der Waals surface area contributed by atoms with Crippen molar-refractivity contribution in [3.63, 3.8) is 0 Å². The number of hydrogen-bond acceptors (Lipinski definition) is 12. The van der Waals surface area contributed by atoms with E-state index in [4.69, 9.17) is 13.9 Å². The molecule has 0 amide bonds. The van der Waals surface area contributed by atoms with Crippen LogP contribution in [0.4, 0.5) is 0 Å². The summed E-state index contributed by atoms with van der Waals surface area (Å²) in [6, 6.07) is 5.47. The molecule has 0 radical (unpaired) electrons. The van der Waals surface area contributed by atoms with Crippen molar-refractivity contribution < 1.29 is 54.7 Å². The van der Waals surface area contributed by atoms with Crippen molar-refractivity contribution >= 4 is 11.0 Å². The second kappa shape index (κ2) is 8.10. The maximum Gasteiger partial charge on any atom is 0.238 e. The highest BCUT2D eigenvalue weighted by atomic mass is 16.7. The molecule has 1 fully saturated rings. The highest BCUT2D eigenvalue weighted by Gasteiger charge is 2.52. The summed E-state index contributed by atoms with van der Waals surface area (Å²) in [7, 11) is 0. The lowest BCUT2D eigenvalue weighted by Crippen LogP contribution is -2.66. The third-order valence-electron chi connectivity index (χ3n) is 5.35. The number of phenols is 3. The van der Waals surface area contributed by atoms with Crippen LogP contribution in [0.15, 0.2) is 39.5 Å². The summed E-state index contributed by atoms with van der Waals surface area (Å²) in [5, 5.41) is 79.5. The average Bonchev–Trinajstić information content (AvgIpc) is 2.77. The molecule has 1 aliphatic rings. The maximum atomic E-state index is 12.5. The molecule has 0 spiro atoms. The SMILES string of the molecule is O=c1c(O)c(-c2ccc(OC3OCC(O)C(O)C3(O)CO)c(O)c2)oc2cc(O)cc(O)c12. The fourth-order valence-corrected chi connectivity index (χ4v) is 3.54. The van der Waals surface area contributed by atoms with Gasteiger partial charge in [-0.1, -0.05) is 0 Å². The van der Waals surface area contributed by atoms with Gasteiger partial charge < -0.3 is 54.7 Å². The molecule has 12 nitrogen and oxygen atoms in total. The predicted molar refractivity (Wildman–Crippen MR) is 109 cm³/mol. The van der Waals surface area contributed by atoms with Crippen molar-refractivity contribution in [1.82, 2.24) is 0 Å². The van der Waals surface area contributed by atoms with E-state index in [0.717, 1.165) is 18.2 Å². The molecule has 12 heteroatoms. The Morgan fingerprint density at radius 1 is 1.06 bits per heavy atom. The van der Waals surface area contributed by atoms with Crippen molar-refractivity contribution in [2.45, 2.75) is 24.1 Å². The number of hydrogen-bond donors (Lipinski definition) is 8. The van der Waals surface area contributed by atoms with Crippen LogP contribution in [0.3, 0.4) is 0 Å². The highest BCUT2D eigenvalue weighted by Crippen LogP contribution is 2.39. The van der Waals surface area contributed by atoms with Crippen molar-refractivity contribution in [2.24, 2.45) is 0 Å². The maximum absolute atomic E-state index is 12.5. The van der Waals surface area contributed by atoms with E-state index in [0.29, 0.717) is 0 Å². The largest absolute Gasteiger partial charge is 0.508 e. The summed E-state index contributed by atoms with van der Waals surface area (Å²) in [6.45, 7) is -1.44. The van der Waals surface area contributed by atoms with Gasteiger partial charge in [0.25, 0.3) is 0 Å². The van der Waals surface area contributed by atoms with Gasteiger partial charge in [-0.15, -0.1) is 0 Å². The molecule has 4 unspecified atom stereocenters. The Labute approximate surface area is 184 Å². The van der Waals surface area contributed by atoms with Gasteiger partial charge in [-0.3, -0.25) is 4.79 Å². The number of fused-ring (bicyclic) bond motifs is 1. The number of aliphatic hydroxyl groups is 4. The average molecular weight is 464 g/mol. The van der Waals surface area contributed by atoms with Gasteiger partial charge in [-0.05, 0) is 18.2 Å². The van der Waals surface area contributed by atoms with Gasteiger partial charge in [0.2, 0.25) is 17.5 Å². The van der Waals surface area contributed by atoms with Gasteiger partial charge in [-0.25, -0.2) is 0 Å². The highest BCUT2D eigenvalue weighted by molar-refractivity contribution is 5.88. The van der Waals surface area contributed by atoms with E-state index < -0.39 is 60.0 Å². The van der Waals surface area contributed by atoms with E-state index in [2.05, 4.69) is 0 Å². The quantitative estimate of drug-likeness (QED) is 0.245. The number of rotatable bonds is 4. The Morgan fingerprint density at radius 2 is 1.79 bits per heavy atom. The van der Waals surface area contributed by atoms with Crippen LogP contribution in [0.1, 0.15) is 0 Å². The zero-order valence-electron chi connectivity index (χ0n) is 16.7. The van der Waals surface area contributed by atoms with Crippen LogP contribution in [0.5, 0.6) is 28.7 Å². The molecule has 3 aromatic rings. The Bertz CT molecular complexity index is 1270. The molecule has 0 bridgehead atoms. The monoisotopic (exact) mass is 464 g/mol. The van der Waals surface area contributed by atoms with Crippen LogP contribution in [0, 0.1) is 0 Å². The molecule has 1 saturated heterocycles. The van der Waals surface area contributed by atoms with Crippen LogP contribution in [0.2, 0.25) is 0 Å². The van der Waals surface area contributed by atoms with Gasteiger partial charge in [0.05, 0.1) is 13.2 Å². The standard InChI is InChI=1S/C21H20O12/c22-7-21(30)19(29)12(26)6-31-20(21)33-13-2-1-8(3-10(13)24)18-17(28)16(27)15-11(25)4-9(23)5-14(15)32-18/h1-5,12,19-20,22-26,28-30H,6-7H2. The molecular formula is C21H20O12. The Morgan fingerprint density at radius 3 is 2.45 bits per heavy atom. The lowest BCUT2D eigenvalue weighted by molar-refractivity contribution is -0.301. The third-order valence-corrected chi connectivity index (χ3v) is 5.35. The first kappa shape index (κ1) is 22.6. The normalized spacial score (nSPS) is 25.3. The minimum absolute atomic E-state index is 0.0108. The molecule has 2 heterocycles. The van der Waals surface area contributed by atoms with Crippen LogP contribution >= 0.6 is 0 Å². The van der Waals surface area contributed by atoms with Crippen molar-refractivity contribution in [3.8, 4) is 40.1 Å². The van der Waals surface area contributed by atoms with E-state index in [1.807, 2.05) is 0 Å². The van der Waals surface area contributed by atoms with Crippen LogP contribution in [-0.4, -0.2) is 78.2 Å². The molecule has 2 aromatic carbocycles. The second-order valence-corrected chi connectivity index (χ2v) is 7.57. The molecule has 1 aromatic heterocycles. The van der Waals surface area contributed by atoms with Crippen molar-refractivity contribution in [2.75, 3.05) is 13.2 Å². The summed E-state index contributed by atoms with van der Waals surface area (Å²) >= 11 is 0. The van der Waals surface area contributed by atoms with E-state index >= 15 is 0 Å². The predicted octanol–water partition coefficient (Wildman–Crippen LogP) is -0.537. The Balaban J connectivity index is 1.71. The first-order valence-electron chi connectivity index (χ1n) is 9.59. The summed E-state index contributed by atoms with van der Waals surface area (Å²) in [4.78, 5) is 12.5. The molecule has 4 atom stereocenters. The Kier molecular flexibility index (Phi) is 5.56. The number of aromatic hydroxyl groups is 4. The van der Waals surface area contributed by atoms with Crippen LogP contribution in [-0.2, 0) is 4.74 Å². The van der Waals surface area contributed by atoms with Gasteiger partial charge in [0.15, 0.2) is 22.9 Å². The lowest BCUT2D eigenvalue weighted by atomic mass is 9.90. The van der Waals surface area contributed by atoms with E-state index in [-0.39, 0.29) is 33.8 Å². The molecule has 1 aliphatic heterocycles. The summed E-state index contributed by atoms with van der Waals surface area (Å²) in [5.74, 6) is -3.04. The third kappa shape index (κ3) is 3.69. The summed E-state index contributed by atoms with van der Waals surface area (Å²) < 4.78 is 16.0. The second-order valence-electron chi connectivity index (χ2n) is 7.57. The summed E-state index contributed by atoms with van der Waals surface area (Å²) in [6.07, 6.45) is -4.93. The Hall–Kier alpha value is -3.55. The van der Waals surface area contributed by atoms with E-state index in [1.54, 1.807) is 0 Å². The van der Waals surface area contributed by atoms with Gasteiger partial charge in [0.1, 0.15) is 34.7 Å².